The molecule has 0 aliphatic heterocycles. The number of carbonyl (C=O) groups is 2. The molecule has 0 saturated heterocycles. The molecule has 0 aliphatic carbocycles. The first kappa shape index (κ1) is 24.9. The van der Waals surface area contributed by atoms with Crippen LogP contribution in [0.3, 0.4) is 0 Å². The summed E-state index contributed by atoms with van der Waals surface area (Å²) < 4.78 is 0. The summed E-state index contributed by atoms with van der Waals surface area (Å²) in [4.78, 5) is 26.2. The van der Waals surface area contributed by atoms with Crippen LogP contribution in [-0.2, 0) is 11.3 Å². The monoisotopic (exact) mass is 406 g/mol. The van der Waals surface area contributed by atoms with E-state index >= 15 is 0 Å². The minimum atomic E-state index is -0.0922. The van der Waals surface area contributed by atoms with Crippen LogP contribution in [0.2, 0.25) is 0 Å². The molecule has 1 aromatic rings. The lowest BCUT2D eigenvalue weighted by atomic mass is 10.1. The van der Waals surface area contributed by atoms with E-state index in [2.05, 4.69) is 23.2 Å². The van der Waals surface area contributed by atoms with Gasteiger partial charge in [-0.1, -0.05) is 51.2 Å². The Morgan fingerprint density at radius 1 is 1.11 bits per heavy atom. The molecule has 0 spiro atoms. The van der Waals surface area contributed by atoms with Gasteiger partial charge in [0.1, 0.15) is 12.6 Å². The second kappa shape index (κ2) is 15.7. The zero-order valence-electron chi connectivity index (χ0n) is 17.9. The van der Waals surface area contributed by atoms with Crippen LogP contribution in [-0.4, -0.2) is 49.9 Å². The molecule has 0 aliphatic rings. The summed E-state index contributed by atoms with van der Waals surface area (Å²) >= 11 is 1.84. The van der Waals surface area contributed by atoms with Crippen molar-refractivity contribution >= 4 is 24.3 Å². The average molecular weight is 407 g/mol. The van der Waals surface area contributed by atoms with Crippen LogP contribution in [0.4, 0.5) is 0 Å². The molecule has 158 valence electrons. The molecule has 4 nitrogen and oxygen atoms in total. The van der Waals surface area contributed by atoms with Crippen molar-refractivity contribution in [1.29, 1.82) is 0 Å². The summed E-state index contributed by atoms with van der Waals surface area (Å²) in [7, 11) is 3.98. The third-order valence-electron chi connectivity index (χ3n) is 5.09. The van der Waals surface area contributed by atoms with Crippen molar-refractivity contribution in [3.05, 3.63) is 29.3 Å². The molecule has 1 rings (SSSR count). The number of nitrogens with zero attached hydrogens (tertiary/aromatic N) is 1. The quantitative estimate of drug-likeness (QED) is 0.225. The number of hydrogen-bond donors (Lipinski definition) is 1. The number of thioether (sulfide) groups is 1. The van der Waals surface area contributed by atoms with Gasteiger partial charge in [-0.2, -0.15) is 0 Å². The fraction of sp³-hybridized carbons (Fsp3) is 0.652. The minimum Gasteiger partial charge on any atom is -0.320 e. The van der Waals surface area contributed by atoms with E-state index in [0.717, 1.165) is 48.8 Å². The summed E-state index contributed by atoms with van der Waals surface area (Å²) in [5, 5.41) is 3.19. The Bertz CT molecular complexity index is 566. The lowest BCUT2D eigenvalue weighted by molar-refractivity contribution is -0.112. The number of benzene rings is 1. The molecule has 1 atom stereocenters. The van der Waals surface area contributed by atoms with E-state index in [0.29, 0.717) is 6.54 Å². The van der Waals surface area contributed by atoms with Crippen LogP contribution in [0.15, 0.2) is 23.1 Å². The molecule has 5 heteroatoms. The van der Waals surface area contributed by atoms with Crippen molar-refractivity contribution in [2.24, 2.45) is 0 Å². The van der Waals surface area contributed by atoms with Crippen molar-refractivity contribution < 1.29 is 9.59 Å². The van der Waals surface area contributed by atoms with Crippen LogP contribution in [0.5, 0.6) is 0 Å². The highest BCUT2D eigenvalue weighted by Gasteiger charge is 2.17. The second-order valence-corrected chi connectivity index (χ2v) is 8.56. The Labute approximate surface area is 175 Å². The highest BCUT2D eigenvalue weighted by molar-refractivity contribution is 7.99. The van der Waals surface area contributed by atoms with E-state index in [4.69, 9.17) is 0 Å². The Morgan fingerprint density at radius 3 is 2.46 bits per heavy atom. The normalized spacial score (nSPS) is 12.3. The van der Waals surface area contributed by atoms with Gasteiger partial charge in [-0.3, -0.25) is 9.69 Å². The van der Waals surface area contributed by atoms with Gasteiger partial charge in [-0.25, -0.2) is 0 Å². The first-order valence-electron chi connectivity index (χ1n) is 10.7. The number of aldehydes is 2. The molecule has 0 amide bonds. The van der Waals surface area contributed by atoms with Crippen LogP contribution < -0.4 is 5.32 Å². The van der Waals surface area contributed by atoms with Gasteiger partial charge in [-0.05, 0) is 57.3 Å². The van der Waals surface area contributed by atoms with Gasteiger partial charge in [0, 0.05) is 17.0 Å². The van der Waals surface area contributed by atoms with Gasteiger partial charge < -0.3 is 10.1 Å². The Kier molecular flexibility index (Phi) is 14.0. The summed E-state index contributed by atoms with van der Waals surface area (Å²) in [6.07, 6.45) is 11.4. The Balaban J connectivity index is 2.55. The fourth-order valence-electron chi connectivity index (χ4n) is 3.35. The number of carbonyl (C=O) groups excluding carboxylic acids is 2. The zero-order chi connectivity index (χ0) is 20.6. The molecule has 0 fully saturated rings. The number of nitrogens with one attached hydrogen (secondary N) is 1. The maximum Gasteiger partial charge on any atom is 0.150 e. The molecule has 0 saturated carbocycles. The lowest BCUT2D eigenvalue weighted by Crippen LogP contribution is -2.32. The standard InChI is InChI=1S/C23H38N2O2S/c1-4-12-21(19-27)25(3)17-22-20(18-26)13-11-14-23(22)28-16-10-8-6-5-7-9-15-24-2/h11,13-14,18-19,21,24H,4-10,12,15-17H2,1-3H3. The summed E-state index contributed by atoms with van der Waals surface area (Å²) in [6.45, 7) is 3.83. The first-order chi connectivity index (χ1) is 13.7. The number of hydrogen-bond acceptors (Lipinski definition) is 5. The largest absolute Gasteiger partial charge is 0.320 e. The van der Waals surface area contributed by atoms with Crippen LogP contribution >= 0.6 is 11.8 Å². The van der Waals surface area contributed by atoms with Gasteiger partial charge in [-0.15, -0.1) is 11.8 Å². The number of likely N-dealkylation sites (N-methyl/N-ethyl adjacent to an activating group) is 1. The molecule has 1 N–H and O–H groups in total. The molecular formula is C23H38N2O2S. The van der Waals surface area contributed by atoms with E-state index in [1.807, 2.05) is 38.0 Å². The predicted octanol–water partition coefficient (Wildman–Crippen LogP) is 4.95. The molecule has 0 aromatic heterocycles. The summed E-state index contributed by atoms with van der Waals surface area (Å²) in [5.74, 6) is 1.07. The van der Waals surface area contributed by atoms with E-state index in [9.17, 15) is 9.59 Å². The van der Waals surface area contributed by atoms with Crippen LogP contribution in [0.1, 0.15) is 74.2 Å². The predicted molar refractivity (Wildman–Crippen MR) is 120 cm³/mol. The smallest absolute Gasteiger partial charge is 0.150 e. The fourth-order valence-corrected chi connectivity index (χ4v) is 4.45. The van der Waals surface area contributed by atoms with Gasteiger partial charge in [0.2, 0.25) is 0 Å². The van der Waals surface area contributed by atoms with Gasteiger partial charge in [0.05, 0.1) is 6.04 Å². The van der Waals surface area contributed by atoms with Crippen LogP contribution in [0, 0.1) is 0 Å². The average Bonchev–Trinajstić information content (AvgIpc) is 2.71. The Hall–Kier alpha value is -1.17. The van der Waals surface area contributed by atoms with Gasteiger partial charge in [0.25, 0.3) is 0 Å². The van der Waals surface area contributed by atoms with Crippen LogP contribution in [0.25, 0.3) is 0 Å². The van der Waals surface area contributed by atoms with Crippen molar-refractivity contribution in [3.63, 3.8) is 0 Å². The topological polar surface area (TPSA) is 49.4 Å². The molecule has 28 heavy (non-hydrogen) atoms. The molecular weight excluding hydrogens is 368 g/mol. The van der Waals surface area contributed by atoms with Crippen molar-refractivity contribution in [2.75, 3.05) is 26.4 Å². The minimum absolute atomic E-state index is 0.0922. The molecule has 1 aromatic carbocycles. The van der Waals surface area contributed by atoms with E-state index in [1.165, 1.54) is 43.4 Å². The number of rotatable bonds is 17. The van der Waals surface area contributed by atoms with E-state index in [1.54, 1.807) is 0 Å². The summed E-state index contributed by atoms with van der Waals surface area (Å²) in [6, 6.07) is 5.85. The SMILES string of the molecule is CCCC(C=O)N(C)Cc1c(C=O)cccc1SCCCCCCCCNC. The first-order valence-corrected chi connectivity index (χ1v) is 11.7. The highest BCUT2D eigenvalue weighted by Crippen LogP contribution is 2.28. The van der Waals surface area contributed by atoms with Gasteiger partial charge in [0.15, 0.2) is 0 Å². The lowest BCUT2D eigenvalue weighted by Gasteiger charge is -2.25. The molecule has 0 bridgehead atoms. The zero-order valence-corrected chi connectivity index (χ0v) is 18.7. The Morgan fingerprint density at radius 2 is 1.82 bits per heavy atom. The molecule has 0 radical (unpaired) electrons. The highest BCUT2D eigenvalue weighted by atomic mass is 32.2. The van der Waals surface area contributed by atoms with Crippen molar-refractivity contribution in [1.82, 2.24) is 10.2 Å². The third-order valence-corrected chi connectivity index (χ3v) is 6.28. The van der Waals surface area contributed by atoms with E-state index in [-0.39, 0.29) is 6.04 Å². The van der Waals surface area contributed by atoms with Crippen molar-refractivity contribution in [2.45, 2.75) is 75.8 Å². The van der Waals surface area contributed by atoms with E-state index < -0.39 is 0 Å². The second-order valence-electron chi connectivity index (χ2n) is 7.42. The maximum absolute atomic E-state index is 11.5. The third kappa shape index (κ3) is 9.35. The maximum atomic E-state index is 11.5. The number of unbranched alkanes of at least 4 members (excludes halogenated alkanes) is 5. The molecule has 0 heterocycles. The molecule has 1 unspecified atom stereocenters. The van der Waals surface area contributed by atoms with Gasteiger partial charge >= 0.3 is 0 Å². The van der Waals surface area contributed by atoms with Crippen molar-refractivity contribution in [3.8, 4) is 0 Å². The summed E-state index contributed by atoms with van der Waals surface area (Å²) in [5.41, 5.74) is 1.79.